The average Bonchev–Trinajstić information content (AvgIpc) is 2.57. The molecule has 134 valence electrons. The average molecular weight is 331 g/mol. The van der Waals surface area contributed by atoms with E-state index in [0.717, 1.165) is 19.3 Å². The fourth-order valence-corrected chi connectivity index (χ4v) is 4.82. The number of nitrogens with zero attached hydrogens (tertiary/aromatic N) is 1. The first kappa shape index (κ1) is 18.8. The van der Waals surface area contributed by atoms with Crippen molar-refractivity contribution < 1.29 is 4.79 Å². The highest BCUT2D eigenvalue weighted by molar-refractivity contribution is 5.82. The normalized spacial score (nSPS) is 22.2. The van der Waals surface area contributed by atoms with Crippen LogP contribution in [0, 0.1) is 12.8 Å². The summed E-state index contributed by atoms with van der Waals surface area (Å²) in [7, 11) is 0. The highest BCUT2D eigenvalue weighted by atomic mass is 16.2. The molecular weight excluding hydrogens is 296 g/mol. The van der Waals surface area contributed by atoms with Crippen LogP contribution in [-0.4, -0.2) is 24.5 Å². The van der Waals surface area contributed by atoms with Gasteiger partial charge in [0.15, 0.2) is 0 Å². The lowest BCUT2D eigenvalue weighted by atomic mass is 9.65. The highest BCUT2D eigenvalue weighted by Crippen LogP contribution is 2.51. The molecule has 3 nitrogen and oxygen atoms in total. The summed E-state index contributed by atoms with van der Waals surface area (Å²) in [6.45, 7) is 14.5. The first-order valence-corrected chi connectivity index (χ1v) is 9.59. The van der Waals surface area contributed by atoms with Gasteiger partial charge in [-0.15, -0.1) is 0 Å². The predicted molar refractivity (Wildman–Crippen MR) is 103 cm³/mol. The second-order valence-corrected chi connectivity index (χ2v) is 7.22. The van der Waals surface area contributed by atoms with Gasteiger partial charge in [-0.2, -0.15) is 0 Å². The standard InChI is InChI=1S/C21H34N2O/c1-7-17-16(6)21(8-2,9-3)23(14-20(24)22-10-4)19-13-15(5)11-12-18(17)19/h11-13,16-17H,7-10,14H2,1-6H3,(H,22,24). The van der Waals surface area contributed by atoms with E-state index in [1.54, 1.807) is 0 Å². The van der Waals surface area contributed by atoms with Crippen molar-refractivity contribution in [3.8, 4) is 0 Å². The van der Waals surface area contributed by atoms with Gasteiger partial charge in [0.25, 0.3) is 0 Å². The maximum absolute atomic E-state index is 12.4. The van der Waals surface area contributed by atoms with Gasteiger partial charge in [-0.05, 0) is 62.1 Å². The Morgan fingerprint density at radius 2 is 1.88 bits per heavy atom. The molecule has 1 aliphatic heterocycles. The van der Waals surface area contributed by atoms with E-state index in [1.807, 2.05) is 6.92 Å². The summed E-state index contributed by atoms with van der Waals surface area (Å²) < 4.78 is 0. The number of carbonyl (C=O) groups is 1. The molecule has 2 atom stereocenters. The number of hydrogen-bond donors (Lipinski definition) is 1. The second-order valence-electron chi connectivity index (χ2n) is 7.22. The van der Waals surface area contributed by atoms with Crippen LogP contribution in [0.25, 0.3) is 0 Å². The lowest BCUT2D eigenvalue weighted by Gasteiger charge is -2.55. The summed E-state index contributed by atoms with van der Waals surface area (Å²) in [4.78, 5) is 14.8. The topological polar surface area (TPSA) is 32.3 Å². The van der Waals surface area contributed by atoms with Crippen molar-refractivity contribution in [3.63, 3.8) is 0 Å². The number of hydrogen-bond acceptors (Lipinski definition) is 2. The zero-order valence-electron chi connectivity index (χ0n) is 16.3. The molecule has 3 heteroatoms. The number of aryl methyl sites for hydroxylation is 1. The molecule has 24 heavy (non-hydrogen) atoms. The van der Waals surface area contributed by atoms with E-state index in [-0.39, 0.29) is 11.4 Å². The number of fused-ring (bicyclic) bond motifs is 1. The largest absolute Gasteiger partial charge is 0.356 e. The lowest BCUT2D eigenvalue weighted by molar-refractivity contribution is -0.120. The Labute approximate surface area is 147 Å². The Bertz CT molecular complexity index is 577. The monoisotopic (exact) mass is 330 g/mol. The van der Waals surface area contributed by atoms with Crippen molar-refractivity contribution in [2.24, 2.45) is 5.92 Å². The third-order valence-electron chi connectivity index (χ3n) is 6.20. The summed E-state index contributed by atoms with van der Waals surface area (Å²) in [5.41, 5.74) is 4.00. The van der Waals surface area contributed by atoms with Crippen LogP contribution in [0.3, 0.4) is 0 Å². The molecule has 0 bridgehead atoms. The molecule has 1 amide bonds. The molecule has 0 aliphatic carbocycles. The van der Waals surface area contributed by atoms with E-state index in [4.69, 9.17) is 0 Å². The second kappa shape index (κ2) is 7.58. The van der Waals surface area contributed by atoms with Crippen LogP contribution in [-0.2, 0) is 4.79 Å². The van der Waals surface area contributed by atoms with Crippen LogP contribution in [0.4, 0.5) is 5.69 Å². The van der Waals surface area contributed by atoms with E-state index in [2.05, 4.69) is 63.0 Å². The molecule has 1 heterocycles. The summed E-state index contributed by atoms with van der Waals surface area (Å²) in [6, 6.07) is 6.78. The number of anilines is 1. The quantitative estimate of drug-likeness (QED) is 0.824. The number of rotatable bonds is 6. The van der Waals surface area contributed by atoms with Crippen LogP contribution < -0.4 is 10.2 Å². The predicted octanol–water partition coefficient (Wildman–Crippen LogP) is 4.64. The SMILES string of the molecule is CCNC(=O)CN1c2cc(C)ccc2C(CC)C(C)C1(CC)CC. The Kier molecular flexibility index (Phi) is 5.95. The molecule has 0 saturated heterocycles. The molecule has 0 spiro atoms. The minimum absolute atomic E-state index is 0.0482. The van der Waals surface area contributed by atoms with Crippen molar-refractivity contribution in [1.82, 2.24) is 5.32 Å². The Morgan fingerprint density at radius 3 is 2.42 bits per heavy atom. The smallest absolute Gasteiger partial charge is 0.239 e. The van der Waals surface area contributed by atoms with Gasteiger partial charge in [0.05, 0.1) is 6.54 Å². The van der Waals surface area contributed by atoms with Gasteiger partial charge in [0.1, 0.15) is 0 Å². The summed E-state index contributed by atoms with van der Waals surface area (Å²) in [6.07, 6.45) is 3.27. The van der Waals surface area contributed by atoms with Gasteiger partial charge in [-0.1, -0.05) is 39.8 Å². The van der Waals surface area contributed by atoms with Gasteiger partial charge in [-0.25, -0.2) is 0 Å². The van der Waals surface area contributed by atoms with Gasteiger partial charge in [-0.3, -0.25) is 4.79 Å². The minimum Gasteiger partial charge on any atom is -0.356 e. The van der Waals surface area contributed by atoms with Crippen molar-refractivity contribution in [2.75, 3.05) is 18.0 Å². The molecule has 1 N–H and O–H groups in total. The van der Waals surface area contributed by atoms with Crippen LogP contribution in [0.1, 0.15) is 70.9 Å². The molecule has 1 aliphatic rings. The van der Waals surface area contributed by atoms with E-state index in [9.17, 15) is 4.79 Å². The number of amides is 1. The van der Waals surface area contributed by atoms with Crippen molar-refractivity contribution >= 4 is 11.6 Å². The molecule has 0 fully saturated rings. The fraction of sp³-hybridized carbons (Fsp3) is 0.667. The van der Waals surface area contributed by atoms with Gasteiger partial charge in [0, 0.05) is 17.8 Å². The van der Waals surface area contributed by atoms with Crippen LogP contribution >= 0.6 is 0 Å². The van der Waals surface area contributed by atoms with Gasteiger partial charge >= 0.3 is 0 Å². The van der Waals surface area contributed by atoms with E-state index in [0.29, 0.717) is 24.9 Å². The Hall–Kier alpha value is -1.51. The van der Waals surface area contributed by atoms with Crippen LogP contribution in [0.5, 0.6) is 0 Å². The van der Waals surface area contributed by atoms with E-state index in [1.165, 1.54) is 16.8 Å². The summed E-state index contributed by atoms with van der Waals surface area (Å²) in [5, 5.41) is 2.98. The molecule has 2 unspecified atom stereocenters. The highest BCUT2D eigenvalue weighted by Gasteiger charge is 2.47. The zero-order chi connectivity index (χ0) is 17.9. The summed E-state index contributed by atoms with van der Waals surface area (Å²) >= 11 is 0. The fourth-order valence-electron chi connectivity index (χ4n) is 4.82. The first-order valence-electron chi connectivity index (χ1n) is 9.59. The van der Waals surface area contributed by atoms with Crippen LogP contribution in [0.2, 0.25) is 0 Å². The molecule has 0 saturated carbocycles. The number of nitrogens with one attached hydrogen (secondary N) is 1. The minimum atomic E-state index is 0.0482. The molecule has 2 rings (SSSR count). The molecule has 1 aromatic rings. The lowest BCUT2D eigenvalue weighted by Crippen LogP contribution is -2.59. The Morgan fingerprint density at radius 1 is 1.21 bits per heavy atom. The van der Waals surface area contributed by atoms with Gasteiger partial charge < -0.3 is 10.2 Å². The summed E-state index contributed by atoms with van der Waals surface area (Å²) in [5.74, 6) is 1.21. The molecular formula is C21H34N2O. The third kappa shape index (κ3) is 3.05. The first-order chi connectivity index (χ1) is 11.4. The maximum atomic E-state index is 12.4. The van der Waals surface area contributed by atoms with Crippen LogP contribution in [0.15, 0.2) is 18.2 Å². The van der Waals surface area contributed by atoms with Crippen molar-refractivity contribution in [3.05, 3.63) is 29.3 Å². The molecule has 0 radical (unpaired) electrons. The number of carbonyl (C=O) groups excluding carboxylic acids is 1. The maximum Gasteiger partial charge on any atom is 0.239 e. The van der Waals surface area contributed by atoms with E-state index >= 15 is 0 Å². The zero-order valence-corrected chi connectivity index (χ0v) is 16.3. The molecule has 1 aromatic carbocycles. The van der Waals surface area contributed by atoms with Crippen molar-refractivity contribution in [2.45, 2.75) is 72.3 Å². The van der Waals surface area contributed by atoms with Crippen molar-refractivity contribution in [1.29, 1.82) is 0 Å². The number of likely N-dealkylation sites (N-methyl/N-ethyl adjacent to an activating group) is 1. The third-order valence-corrected chi connectivity index (χ3v) is 6.20. The van der Waals surface area contributed by atoms with Gasteiger partial charge in [0.2, 0.25) is 5.91 Å². The Balaban J connectivity index is 2.60. The van der Waals surface area contributed by atoms with E-state index < -0.39 is 0 Å². The number of benzene rings is 1. The molecule has 0 aromatic heterocycles.